The van der Waals surface area contributed by atoms with Crippen LogP contribution in [0.5, 0.6) is 0 Å². The van der Waals surface area contributed by atoms with Gasteiger partial charge in [0, 0.05) is 39.1 Å². The standard InChI is InChI=1S/C24H31N5S.HI/c1-25-24(27-13-5-6-16-30-2)28-17-22-7-3-4-8-23(22)21-11-9-20(10-12-21)18-29-15-14-26-19-29;/h3-4,7-12,14-15,19H,5-6,13,16-18H2,1-2H3,(H2,25,27,28);1H. The number of thioether (sulfide) groups is 1. The molecule has 0 aliphatic carbocycles. The molecule has 0 radical (unpaired) electrons. The number of nitrogens with zero attached hydrogens (tertiary/aromatic N) is 3. The van der Waals surface area contributed by atoms with E-state index >= 15 is 0 Å². The van der Waals surface area contributed by atoms with Gasteiger partial charge < -0.3 is 15.2 Å². The molecule has 7 heteroatoms. The SMILES string of the molecule is CN=C(NCCCCSC)NCc1ccccc1-c1ccc(Cn2ccnc2)cc1.I. The van der Waals surface area contributed by atoms with Crippen LogP contribution in [0.3, 0.4) is 0 Å². The monoisotopic (exact) mass is 549 g/mol. The van der Waals surface area contributed by atoms with Gasteiger partial charge in [-0.05, 0) is 47.1 Å². The molecule has 0 saturated carbocycles. The molecule has 31 heavy (non-hydrogen) atoms. The minimum absolute atomic E-state index is 0. The van der Waals surface area contributed by atoms with Gasteiger partial charge in [0.1, 0.15) is 0 Å². The fraction of sp³-hybridized carbons (Fsp3) is 0.333. The molecule has 0 bridgehead atoms. The van der Waals surface area contributed by atoms with E-state index in [1.54, 1.807) is 0 Å². The first kappa shape index (κ1) is 25.3. The maximum atomic E-state index is 4.35. The topological polar surface area (TPSA) is 54.2 Å². The van der Waals surface area contributed by atoms with Crippen LogP contribution in [0.1, 0.15) is 24.0 Å². The molecule has 0 spiro atoms. The average molecular weight is 550 g/mol. The van der Waals surface area contributed by atoms with E-state index in [1.165, 1.54) is 34.4 Å². The Hall–Kier alpha value is -2.00. The summed E-state index contributed by atoms with van der Waals surface area (Å²) in [6.45, 7) is 2.51. The number of aliphatic imine (C=N–C) groups is 1. The Labute approximate surface area is 207 Å². The fourth-order valence-electron chi connectivity index (χ4n) is 3.31. The smallest absolute Gasteiger partial charge is 0.191 e. The van der Waals surface area contributed by atoms with Gasteiger partial charge >= 0.3 is 0 Å². The second-order valence-electron chi connectivity index (χ2n) is 7.14. The molecular formula is C24H32IN5S. The first-order valence-corrected chi connectivity index (χ1v) is 11.8. The van der Waals surface area contributed by atoms with E-state index < -0.39 is 0 Å². The van der Waals surface area contributed by atoms with Crippen LogP contribution in [0.4, 0.5) is 0 Å². The van der Waals surface area contributed by atoms with Crippen LogP contribution in [-0.4, -0.2) is 41.1 Å². The van der Waals surface area contributed by atoms with E-state index in [0.717, 1.165) is 32.0 Å². The number of halogens is 1. The van der Waals surface area contributed by atoms with Crippen molar-refractivity contribution >= 4 is 41.7 Å². The lowest BCUT2D eigenvalue weighted by molar-refractivity contribution is 0.733. The van der Waals surface area contributed by atoms with Crippen LogP contribution in [0.2, 0.25) is 0 Å². The van der Waals surface area contributed by atoms with Crippen LogP contribution in [0, 0.1) is 0 Å². The average Bonchev–Trinajstić information content (AvgIpc) is 3.29. The van der Waals surface area contributed by atoms with Crippen LogP contribution in [0.25, 0.3) is 11.1 Å². The van der Waals surface area contributed by atoms with E-state index in [2.05, 4.69) is 80.0 Å². The third-order valence-electron chi connectivity index (χ3n) is 4.94. The summed E-state index contributed by atoms with van der Waals surface area (Å²) in [6.07, 6.45) is 10.2. The summed E-state index contributed by atoms with van der Waals surface area (Å²) in [5.41, 5.74) is 4.99. The normalized spacial score (nSPS) is 11.1. The molecule has 0 aliphatic rings. The molecule has 166 valence electrons. The van der Waals surface area contributed by atoms with Crippen molar-refractivity contribution in [2.45, 2.75) is 25.9 Å². The van der Waals surface area contributed by atoms with Crippen molar-refractivity contribution in [3.8, 4) is 11.1 Å². The van der Waals surface area contributed by atoms with Gasteiger partial charge in [-0.15, -0.1) is 24.0 Å². The maximum Gasteiger partial charge on any atom is 0.191 e. The molecule has 0 aliphatic heterocycles. The van der Waals surface area contributed by atoms with E-state index in [0.29, 0.717) is 0 Å². The lowest BCUT2D eigenvalue weighted by Crippen LogP contribution is -2.37. The van der Waals surface area contributed by atoms with Crippen LogP contribution in [0.15, 0.2) is 72.2 Å². The Morgan fingerprint density at radius 2 is 1.87 bits per heavy atom. The number of rotatable bonds is 10. The van der Waals surface area contributed by atoms with Crippen molar-refractivity contribution in [3.05, 3.63) is 78.4 Å². The molecule has 5 nitrogen and oxygen atoms in total. The van der Waals surface area contributed by atoms with Gasteiger partial charge in [0.25, 0.3) is 0 Å². The summed E-state index contributed by atoms with van der Waals surface area (Å²) in [5, 5.41) is 6.86. The van der Waals surface area contributed by atoms with Gasteiger partial charge in [0.2, 0.25) is 0 Å². The van der Waals surface area contributed by atoms with E-state index in [4.69, 9.17) is 0 Å². The molecule has 0 saturated heterocycles. The molecule has 0 amide bonds. The zero-order valence-electron chi connectivity index (χ0n) is 18.3. The van der Waals surface area contributed by atoms with E-state index in [9.17, 15) is 0 Å². The molecule has 0 fully saturated rings. The number of aromatic nitrogens is 2. The Morgan fingerprint density at radius 1 is 1.06 bits per heavy atom. The highest BCUT2D eigenvalue weighted by molar-refractivity contribution is 14.0. The molecule has 0 atom stereocenters. The lowest BCUT2D eigenvalue weighted by Gasteiger charge is -2.15. The second-order valence-corrected chi connectivity index (χ2v) is 8.13. The molecule has 2 aromatic carbocycles. The predicted molar refractivity (Wildman–Crippen MR) is 144 cm³/mol. The largest absolute Gasteiger partial charge is 0.356 e. The summed E-state index contributed by atoms with van der Waals surface area (Å²) in [7, 11) is 1.82. The lowest BCUT2D eigenvalue weighted by atomic mass is 9.98. The zero-order valence-corrected chi connectivity index (χ0v) is 21.4. The summed E-state index contributed by atoms with van der Waals surface area (Å²) in [5.74, 6) is 2.06. The van der Waals surface area contributed by atoms with Gasteiger partial charge in [0.15, 0.2) is 5.96 Å². The minimum Gasteiger partial charge on any atom is -0.356 e. The van der Waals surface area contributed by atoms with Crippen molar-refractivity contribution in [2.75, 3.05) is 25.6 Å². The Balaban J connectivity index is 0.00000341. The minimum atomic E-state index is 0. The molecule has 0 unspecified atom stereocenters. The number of nitrogens with one attached hydrogen (secondary N) is 2. The summed E-state index contributed by atoms with van der Waals surface area (Å²) < 4.78 is 2.08. The Kier molecular flexibility index (Phi) is 11.5. The van der Waals surface area contributed by atoms with Crippen molar-refractivity contribution in [1.82, 2.24) is 20.2 Å². The van der Waals surface area contributed by atoms with Crippen molar-refractivity contribution in [1.29, 1.82) is 0 Å². The van der Waals surface area contributed by atoms with Gasteiger partial charge in [-0.3, -0.25) is 4.99 Å². The Morgan fingerprint density at radius 3 is 2.58 bits per heavy atom. The number of guanidine groups is 1. The van der Waals surface area contributed by atoms with Gasteiger partial charge in [-0.1, -0.05) is 48.5 Å². The number of unbranched alkanes of at least 4 members (excludes halogenated alkanes) is 1. The summed E-state index contributed by atoms with van der Waals surface area (Å²) in [4.78, 5) is 8.46. The molecular weight excluding hydrogens is 517 g/mol. The van der Waals surface area contributed by atoms with Crippen molar-refractivity contribution in [3.63, 3.8) is 0 Å². The quantitative estimate of drug-likeness (QED) is 0.161. The van der Waals surface area contributed by atoms with Crippen LogP contribution in [-0.2, 0) is 13.1 Å². The number of imidazole rings is 1. The maximum absolute atomic E-state index is 4.35. The summed E-state index contributed by atoms with van der Waals surface area (Å²) in [6, 6.07) is 17.3. The van der Waals surface area contributed by atoms with Gasteiger partial charge in [-0.25, -0.2) is 4.98 Å². The van der Waals surface area contributed by atoms with Crippen molar-refractivity contribution < 1.29 is 0 Å². The first-order chi connectivity index (χ1) is 14.8. The molecule has 2 N–H and O–H groups in total. The number of hydrogen-bond donors (Lipinski definition) is 2. The summed E-state index contributed by atoms with van der Waals surface area (Å²) >= 11 is 1.90. The highest BCUT2D eigenvalue weighted by Gasteiger charge is 2.06. The molecule has 1 aromatic heterocycles. The van der Waals surface area contributed by atoms with Crippen LogP contribution >= 0.6 is 35.7 Å². The highest BCUT2D eigenvalue weighted by atomic mass is 127. The zero-order chi connectivity index (χ0) is 21.0. The number of hydrogen-bond acceptors (Lipinski definition) is 3. The predicted octanol–water partition coefficient (Wildman–Crippen LogP) is 5.02. The molecule has 3 rings (SSSR count). The molecule has 1 heterocycles. The molecule has 3 aromatic rings. The van der Waals surface area contributed by atoms with Crippen LogP contribution < -0.4 is 10.6 Å². The third-order valence-corrected chi connectivity index (χ3v) is 5.64. The van der Waals surface area contributed by atoms with E-state index in [1.807, 2.05) is 37.5 Å². The highest BCUT2D eigenvalue weighted by Crippen LogP contribution is 2.24. The number of benzene rings is 2. The Bertz CT molecular complexity index is 910. The first-order valence-electron chi connectivity index (χ1n) is 10.4. The van der Waals surface area contributed by atoms with E-state index in [-0.39, 0.29) is 24.0 Å². The second kappa shape index (κ2) is 14.1. The van der Waals surface area contributed by atoms with Crippen molar-refractivity contribution in [2.24, 2.45) is 4.99 Å². The van der Waals surface area contributed by atoms with Gasteiger partial charge in [0.05, 0.1) is 6.33 Å². The third kappa shape index (κ3) is 8.22. The van der Waals surface area contributed by atoms with Gasteiger partial charge in [-0.2, -0.15) is 11.8 Å². The fourth-order valence-corrected chi connectivity index (χ4v) is 3.81.